The number of aromatic nitrogens is 2. The van der Waals surface area contributed by atoms with Gasteiger partial charge in [-0.1, -0.05) is 122 Å². The Bertz CT molecular complexity index is 1090. The van der Waals surface area contributed by atoms with Crippen LogP contribution in [0.5, 0.6) is 11.5 Å². The Morgan fingerprint density at radius 1 is 0.535 bits per heavy atom. The summed E-state index contributed by atoms with van der Waals surface area (Å²) in [5.74, 6) is 2.26. The number of hydrogen-bond donors (Lipinski definition) is 0. The molecule has 3 aromatic rings. The second kappa shape index (κ2) is 21.7. The number of ether oxygens (including phenoxy) is 2. The monoisotopic (exact) mass is 590 g/mol. The number of alkyl halides is 1. The van der Waals surface area contributed by atoms with Crippen LogP contribution in [0.25, 0.3) is 22.5 Å². The van der Waals surface area contributed by atoms with Gasteiger partial charge in [0, 0.05) is 23.5 Å². The lowest BCUT2D eigenvalue weighted by Crippen LogP contribution is -2.12. The van der Waals surface area contributed by atoms with Gasteiger partial charge in [-0.25, -0.2) is 14.4 Å². The zero-order chi connectivity index (χ0) is 30.4. The predicted molar refractivity (Wildman–Crippen MR) is 179 cm³/mol. The molecule has 0 aliphatic rings. The largest absolute Gasteiger partial charge is 0.494 e. The molecule has 43 heavy (non-hydrogen) atoms. The zero-order valence-corrected chi connectivity index (χ0v) is 26.9. The fraction of sp³-hybridized carbons (Fsp3) is 0.579. The van der Waals surface area contributed by atoms with E-state index in [0.717, 1.165) is 48.3 Å². The molecule has 1 unspecified atom stereocenters. The molecule has 0 spiro atoms. The molecule has 0 aliphatic carbocycles. The van der Waals surface area contributed by atoms with Crippen LogP contribution in [0.1, 0.15) is 123 Å². The van der Waals surface area contributed by atoms with Gasteiger partial charge in [0.25, 0.3) is 0 Å². The molecule has 3 rings (SSSR count). The maximum Gasteiger partial charge on any atom is 0.159 e. The zero-order valence-electron chi connectivity index (χ0n) is 26.9. The van der Waals surface area contributed by atoms with Crippen molar-refractivity contribution in [3.8, 4) is 34.0 Å². The Labute approximate surface area is 260 Å². The average molecular weight is 591 g/mol. The third-order valence-corrected chi connectivity index (χ3v) is 8.02. The van der Waals surface area contributed by atoms with Crippen molar-refractivity contribution in [2.45, 2.75) is 129 Å². The van der Waals surface area contributed by atoms with Gasteiger partial charge in [-0.3, -0.25) is 0 Å². The van der Waals surface area contributed by atoms with E-state index in [1.165, 1.54) is 83.5 Å². The number of benzene rings is 2. The minimum absolute atomic E-state index is 0.108. The summed E-state index contributed by atoms with van der Waals surface area (Å²) in [4.78, 5) is 9.17. The van der Waals surface area contributed by atoms with E-state index in [2.05, 4.69) is 23.8 Å². The number of unbranched alkanes of at least 4 members (excludes halogenated alkanes) is 14. The van der Waals surface area contributed by atoms with E-state index in [1.807, 2.05) is 60.9 Å². The third-order valence-electron chi connectivity index (χ3n) is 8.02. The lowest BCUT2D eigenvalue weighted by Gasteiger charge is -2.11. The fourth-order valence-electron chi connectivity index (χ4n) is 5.27. The van der Waals surface area contributed by atoms with Crippen molar-refractivity contribution >= 4 is 0 Å². The van der Waals surface area contributed by atoms with E-state index in [0.29, 0.717) is 18.0 Å². The first-order valence-electron chi connectivity index (χ1n) is 17.1. The highest BCUT2D eigenvalue weighted by Crippen LogP contribution is 2.25. The quantitative estimate of drug-likeness (QED) is 0.0973. The number of halogens is 1. The normalized spacial score (nSPS) is 11.9. The molecule has 0 fully saturated rings. The molecule has 1 aromatic heterocycles. The van der Waals surface area contributed by atoms with Gasteiger partial charge in [0.2, 0.25) is 0 Å². The summed E-state index contributed by atoms with van der Waals surface area (Å²) < 4.78 is 25.9. The summed E-state index contributed by atoms with van der Waals surface area (Å²) in [7, 11) is 0. The minimum Gasteiger partial charge on any atom is -0.494 e. The molecule has 0 aliphatic heterocycles. The first kappa shape index (κ1) is 34.5. The van der Waals surface area contributed by atoms with Gasteiger partial charge < -0.3 is 9.47 Å². The maximum atomic E-state index is 14.3. The van der Waals surface area contributed by atoms with E-state index < -0.39 is 6.17 Å². The van der Waals surface area contributed by atoms with Gasteiger partial charge in [-0.05, 0) is 54.8 Å². The molecule has 1 heterocycles. The molecule has 4 nitrogen and oxygen atoms in total. The maximum absolute atomic E-state index is 14.3. The van der Waals surface area contributed by atoms with Crippen LogP contribution in [0.4, 0.5) is 4.39 Å². The Morgan fingerprint density at radius 3 is 1.56 bits per heavy atom. The molecule has 0 amide bonds. The molecule has 0 bridgehead atoms. The third kappa shape index (κ3) is 14.4. The highest BCUT2D eigenvalue weighted by Gasteiger charge is 2.09. The summed E-state index contributed by atoms with van der Waals surface area (Å²) in [5.41, 5.74) is 2.89. The highest BCUT2D eigenvalue weighted by molar-refractivity contribution is 5.64. The highest BCUT2D eigenvalue weighted by atomic mass is 19.1. The summed E-state index contributed by atoms with van der Waals surface area (Å²) in [6, 6.07) is 15.7. The second-order valence-electron chi connectivity index (χ2n) is 11.8. The van der Waals surface area contributed by atoms with Crippen LogP contribution in [-0.4, -0.2) is 29.4 Å². The van der Waals surface area contributed by atoms with Crippen LogP contribution in [0.3, 0.4) is 0 Å². The lowest BCUT2D eigenvalue weighted by atomic mass is 10.1. The first-order valence-corrected chi connectivity index (χ1v) is 17.1. The van der Waals surface area contributed by atoms with Crippen molar-refractivity contribution in [3.05, 3.63) is 60.9 Å². The molecule has 0 radical (unpaired) electrons. The molecule has 236 valence electrons. The number of rotatable bonds is 24. The Kier molecular flexibility index (Phi) is 17.4. The molecule has 2 aromatic carbocycles. The van der Waals surface area contributed by atoms with Crippen molar-refractivity contribution in [2.75, 3.05) is 13.2 Å². The van der Waals surface area contributed by atoms with E-state index >= 15 is 0 Å². The molecular weight excluding hydrogens is 535 g/mol. The Hall–Kier alpha value is -2.95. The second-order valence-corrected chi connectivity index (χ2v) is 11.8. The summed E-state index contributed by atoms with van der Waals surface area (Å²) in [6.45, 7) is 5.36. The fourth-order valence-corrected chi connectivity index (χ4v) is 5.27. The SMILES string of the molecule is CCCCCCCCCCOc1ccc(-c2ncc(-c3ccc(OCC(F)CCCCCCCCCC)cc3)cn2)cc1. The van der Waals surface area contributed by atoms with Crippen molar-refractivity contribution in [2.24, 2.45) is 0 Å². The van der Waals surface area contributed by atoms with Gasteiger partial charge in [0.15, 0.2) is 5.82 Å². The van der Waals surface area contributed by atoms with Gasteiger partial charge >= 0.3 is 0 Å². The smallest absolute Gasteiger partial charge is 0.159 e. The van der Waals surface area contributed by atoms with Crippen LogP contribution in [-0.2, 0) is 0 Å². The van der Waals surface area contributed by atoms with E-state index in [9.17, 15) is 4.39 Å². The van der Waals surface area contributed by atoms with Crippen LogP contribution in [0.15, 0.2) is 60.9 Å². The topological polar surface area (TPSA) is 44.2 Å². The average Bonchev–Trinajstić information content (AvgIpc) is 3.05. The van der Waals surface area contributed by atoms with Gasteiger partial charge in [0.1, 0.15) is 24.3 Å². The number of hydrogen-bond acceptors (Lipinski definition) is 4. The Balaban J connectivity index is 1.33. The number of nitrogens with zero attached hydrogens (tertiary/aromatic N) is 2. The molecule has 0 N–H and O–H groups in total. The Morgan fingerprint density at radius 2 is 1.00 bits per heavy atom. The summed E-state index contributed by atoms with van der Waals surface area (Å²) in [6.07, 6.45) is 23.5. The van der Waals surface area contributed by atoms with Crippen LogP contribution in [0, 0.1) is 0 Å². The van der Waals surface area contributed by atoms with E-state index in [-0.39, 0.29) is 6.61 Å². The molecule has 5 heteroatoms. The van der Waals surface area contributed by atoms with Crippen molar-refractivity contribution in [1.82, 2.24) is 9.97 Å². The summed E-state index contributed by atoms with van der Waals surface area (Å²) in [5, 5.41) is 0. The van der Waals surface area contributed by atoms with Crippen molar-refractivity contribution < 1.29 is 13.9 Å². The van der Waals surface area contributed by atoms with Crippen molar-refractivity contribution in [3.63, 3.8) is 0 Å². The van der Waals surface area contributed by atoms with Crippen LogP contribution < -0.4 is 9.47 Å². The molecule has 0 saturated heterocycles. The summed E-state index contributed by atoms with van der Waals surface area (Å²) >= 11 is 0. The first-order chi connectivity index (χ1) is 21.2. The minimum atomic E-state index is -0.920. The van der Waals surface area contributed by atoms with Gasteiger partial charge in [-0.15, -0.1) is 0 Å². The van der Waals surface area contributed by atoms with E-state index in [1.54, 1.807) is 0 Å². The molecular formula is C38H55FN2O2. The van der Waals surface area contributed by atoms with E-state index in [4.69, 9.17) is 9.47 Å². The molecule has 0 saturated carbocycles. The van der Waals surface area contributed by atoms with Gasteiger partial charge in [0.05, 0.1) is 6.61 Å². The van der Waals surface area contributed by atoms with Crippen LogP contribution >= 0.6 is 0 Å². The van der Waals surface area contributed by atoms with Crippen molar-refractivity contribution in [1.29, 1.82) is 0 Å². The predicted octanol–water partition coefficient (Wildman–Crippen LogP) is 11.6. The standard InChI is InChI=1S/C38H55FN2O2/c1-3-5-7-9-11-13-15-17-19-35(39)31-43-37-24-20-32(21-25-37)34-29-40-38(41-30-34)33-22-26-36(27-23-33)42-28-18-16-14-12-10-8-6-4-2/h20-27,29-30,35H,3-19,28,31H2,1-2H3. The molecule has 1 atom stereocenters. The lowest BCUT2D eigenvalue weighted by molar-refractivity contribution is 0.184. The van der Waals surface area contributed by atoms with Crippen LogP contribution in [0.2, 0.25) is 0 Å². The van der Waals surface area contributed by atoms with Gasteiger partial charge in [-0.2, -0.15) is 0 Å².